The minimum atomic E-state index is 0.694. The molecule has 60 valence electrons. The van der Waals surface area contributed by atoms with Crippen LogP contribution in [-0.4, -0.2) is 0 Å². The normalized spacial score (nSPS) is 25.4. The van der Waals surface area contributed by atoms with E-state index in [9.17, 15) is 0 Å². The standard InChI is InChI=1S/C11H16/c1-2-3-5-8-11-9-6-4-7-10-11/h2-3,5-6,8-9,11H,4,7,10H2,1H3. The van der Waals surface area contributed by atoms with Crippen molar-refractivity contribution < 1.29 is 0 Å². The van der Waals surface area contributed by atoms with Crippen molar-refractivity contribution in [2.75, 3.05) is 0 Å². The van der Waals surface area contributed by atoms with Crippen molar-refractivity contribution in [3.8, 4) is 0 Å². The van der Waals surface area contributed by atoms with E-state index < -0.39 is 0 Å². The summed E-state index contributed by atoms with van der Waals surface area (Å²) in [6.45, 7) is 2.04. The molecular formula is C11H16. The van der Waals surface area contributed by atoms with Gasteiger partial charge in [-0.1, -0.05) is 36.5 Å². The van der Waals surface area contributed by atoms with Crippen molar-refractivity contribution in [2.24, 2.45) is 5.92 Å². The quantitative estimate of drug-likeness (QED) is 0.415. The molecule has 0 fully saturated rings. The summed E-state index contributed by atoms with van der Waals surface area (Å²) in [5.74, 6) is 0.694. The van der Waals surface area contributed by atoms with E-state index in [1.807, 2.05) is 6.92 Å². The van der Waals surface area contributed by atoms with Crippen LogP contribution < -0.4 is 0 Å². The maximum atomic E-state index is 2.31. The number of hydrogen-bond acceptors (Lipinski definition) is 0. The van der Waals surface area contributed by atoms with Gasteiger partial charge < -0.3 is 0 Å². The molecule has 0 aromatic carbocycles. The molecule has 0 aliphatic heterocycles. The van der Waals surface area contributed by atoms with Crippen molar-refractivity contribution >= 4 is 0 Å². The van der Waals surface area contributed by atoms with E-state index in [2.05, 4.69) is 36.5 Å². The van der Waals surface area contributed by atoms with E-state index >= 15 is 0 Å². The van der Waals surface area contributed by atoms with Crippen LogP contribution in [0.15, 0.2) is 36.5 Å². The Morgan fingerprint density at radius 1 is 1.36 bits per heavy atom. The predicted molar refractivity (Wildman–Crippen MR) is 50.4 cm³/mol. The van der Waals surface area contributed by atoms with E-state index in [1.165, 1.54) is 19.3 Å². The van der Waals surface area contributed by atoms with Crippen LogP contribution in [0.2, 0.25) is 0 Å². The van der Waals surface area contributed by atoms with Crippen molar-refractivity contribution in [3.05, 3.63) is 36.5 Å². The van der Waals surface area contributed by atoms with Crippen molar-refractivity contribution in [2.45, 2.75) is 26.2 Å². The molecule has 1 unspecified atom stereocenters. The van der Waals surface area contributed by atoms with Crippen LogP contribution in [0.3, 0.4) is 0 Å². The lowest BCUT2D eigenvalue weighted by Crippen LogP contribution is -1.95. The van der Waals surface area contributed by atoms with Crippen LogP contribution in [-0.2, 0) is 0 Å². The van der Waals surface area contributed by atoms with Crippen molar-refractivity contribution in [3.63, 3.8) is 0 Å². The van der Waals surface area contributed by atoms with E-state index in [-0.39, 0.29) is 0 Å². The van der Waals surface area contributed by atoms with Gasteiger partial charge in [-0.05, 0) is 32.1 Å². The number of hydrogen-bond donors (Lipinski definition) is 0. The first kappa shape index (κ1) is 8.32. The molecule has 1 atom stereocenters. The molecule has 0 amide bonds. The molecule has 0 heterocycles. The summed E-state index contributed by atoms with van der Waals surface area (Å²) in [5, 5.41) is 0. The Labute approximate surface area is 69.3 Å². The van der Waals surface area contributed by atoms with Crippen molar-refractivity contribution in [1.29, 1.82) is 0 Å². The molecule has 0 spiro atoms. The van der Waals surface area contributed by atoms with E-state index in [0.717, 1.165) is 0 Å². The summed E-state index contributed by atoms with van der Waals surface area (Å²) in [5.41, 5.74) is 0. The monoisotopic (exact) mass is 148 g/mol. The summed E-state index contributed by atoms with van der Waals surface area (Å²) in [4.78, 5) is 0. The fourth-order valence-corrected chi connectivity index (χ4v) is 1.32. The fourth-order valence-electron chi connectivity index (χ4n) is 1.32. The third-order valence-corrected chi connectivity index (χ3v) is 1.95. The molecule has 0 aromatic rings. The Balaban J connectivity index is 2.35. The molecule has 1 aliphatic carbocycles. The Morgan fingerprint density at radius 2 is 2.27 bits per heavy atom. The highest BCUT2D eigenvalue weighted by Gasteiger charge is 2.02. The highest BCUT2D eigenvalue weighted by Crippen LogP contribution is 2.17. The molecular weight excluding hydrogens is 132 g/mol. The van der Waals surface area contributed by atoms with Gasteiger partial charge in [-0.3, -0.25) is 0 Å². The van der Waals surface area contributed by atoms with Gasteiger partial charge in [0.25, 0.3) is 0 Å². The Bertz CT molecular complexity index is 172. The topological polar surface area (TPSA) is 0 Å². The molecule has 11 heavy (non-hydrogen) atoms. The largest absolute Gasteiger partial charge is 0.0879 e. The van der Waals surface area contributed by atoms with Gasteiger partial charge in [0.15, 0.2) is 0 Å². The average Bonchev–Trinajstić information content (AvgIpc) is 2.07. The molecule has 0 N–H and O–H groups in total. The third kappa shape index (κ3) is 3.22. The molecule has 0 bridgehead atoms. The second-order valence-corrected chi connectivity index (χ2v) is 2.93. The Kier molecular flexibility index (Phi) is 3.74. The average molecular weight is 148 g/mol. The van der Waals surface area contributed by atoms with Crippen LogP contribution in [0.5, 0.6) is 0 Å². The molecule has 1 aliphatic rings. The Morgan fingerprint density at radius 3 is 2.91 bits per heavy atom. The second kappa shape index (κ2) is 4.95. The zero-order valence-electron chi connectivity index (χ0n) is 7.16. The SMILES string of the molecule is CC=CC=CC1C=CCCC1. The second-order valence-electron chi connectivity index (χ2n) is 2.93. The summed E-state index contributed by atoms with van der Waals surface area (Å²) in [6, 6.07) is 0. The molecule has 0 nitrogen and oxygen atoms in total. The summed E-state index contributed by atoms with van der Waals surface area (Å²) >= 11 is 0. The van der Waals surface area contributed by atoms with Crippen LogP contribution in [0, 0.1) is 5.92 Å². The molecule has 0 saturated heterocycles. The zero-order valence-corrected chi connectivity index (χ0v) is 7.16. The molecule has 0 aromatic heterocycles. The first-order valence-corrected chi connectivity index (χ1v) is 4.39. The van der Waals surface area contributed by atoms with Crippen LogP contribution in [0.4, 0.5) is 0 Å². The van der Waals surface area contributed by atoms with Crippen LogP contribution in [0.25, 0.3) is 0 Å². The van der Waals surface area contributed by atoms with Gasteiger partial charge in [0.2, 0.25) is 0 Å². The summed E-state index contributed by atoms with van der Waals surface area (Å²) in [6.07, 6.45) is 17.1. The molecule has 1 rings (SSSR count). The van der Waals surface area contributed by atoms with Gasteiger partial charge in [-0.25, -0.2) is 0 Å². The third-order valence-electron chi connectivity index (χ3n) is 1.95. The number of rotatable bonds is 2. The highest BCUT2D eigenvalue weighted by atomic mass is 14.1. The minimum Gasteiger partial charge on any atom is -0.0879 e. The van der Waals surface area contributed by atoms with Gasteiger partial charge in [0.05, 0.1) is 0 Å². The molecule has 0 saturated carbocycles. The molecule has 0 radical (unpaired) electrons. The maximum absolute atomic E-state index is 2.31. The smallest absolute Gasteiger partial charge is 0.00503 e. The van der Waals surface area contributed by atoms with Gasteiger partial charge in [0.1, 0.15) is 0 Å². The van der Waals surface area contributed by atoms with Gasteiger partial charge in [0, 0.05) is 0 Å². The number of allylic oxidation sites excluding steroid dienone is 6. The first-order valence-electron chi connectivity index (χ1n) is 4.39. The minimum absolute atomic E-state index is 0.694. The van der Waals surface area contributed by atoms with Crippen LogP contribution in [0.1, 0.15) is 26.2 Å². The van der Waals surface area contributed by atoms with Gasteiger partial charge in [-0.15, -0.1) is 0 Å². The van der Waals surface area contributed by atoms with E-state index in [0.29, 0.717) is 5.92 Å². The first-order chi connectivity index (χ1) is 5.43. The fraction of sp³-hybridized carbons (Fsp3) is 0.455. The molecule has 0 heteroatoms. The van der Waals surface area contributed by atoms with E-state index in [4.69, 9.17) is 0 Å². The summed E-state index contributed by atoms with van der Waals surface area (Å²) < 4.78 is 0. The van der Waals surface area contributed by atoms with Gasteiger partial charge >= 0.3 is 0 Å². The lowest BCUT2D eigenvalue weighted by atomic mass is 9.96. The van der Waals surface area contributed by atoms with E-state index in [1.54, 1.807) is 0 Å². The van der Waals surface area contributed by atoms with Gasteiger partial charge in [-0.2, -0.15) is 0 Å². The Hall–Kier alpha value is -0.780. The zero-order chi connectivity index (χ0) is 7.94. The lowest BCUT2D eigenvalue weighted by Gasteiger charge is -2.10. The predicted octanol–water partition coefficient (Wildman–Crippen LogP) is 3.48. The summed E-state index contributed by atoms with van der Waals surface area (Å²) in [7, 11) is 0. The maximum Gasteiger partial charge on any atom is -0.00503 e. The van der Waals surface area contributed by atoms with Crippen LogP contribution >= 0.6 is 0 Å². The van der Waals surface area contributed by atoms with Crippen molar-refractivity contribution in [1.82, 2.24) is 0 Å². The highest BCUT2D eigenvalue weighted by molar-refractivity contribution is 5.09. The lowest BCUT2D eigenvalue weighted by molar-refractivity contribution is 0.631.